The van der Waals surface area contributed by atoms with Crippen LogP contribution in [0.5, 0.6) is 0 Å². The Morgan fingerprint density at radius 2 is 2.00 bits per heavy atom. The van der Waals surface area contributed by atoms with Gasteiger partial charge < -0.3 is 10.4 Å². The lowest BCUT2D eigenvalue weighted by molar-refractivity contribution is -0.135. The second kappa shape index (κ2) is 6.44. The summed E-state index contributed by atoms with van der Waals surface area (Å²) in [6, 6.07) is 7.30. The third kappa shape index (κ3) is 4.18. The van der Waals surface area contributed by atoms with Gasteiger partial charge in [-0.3, -0.25) is 0 Å². The SMILES string of the molecule is O=C(O)c1sc2ccccc2c1CNCCCC(F)(F)F. The van der Waals surface area contributed by atoms with Crippen LogP contribution in [-0.4, -0.2) is 23.8 Å². The fourth-order valence-electron chi connectivity index (χ4n) is 2.07. The van der Waals surface area contributed by atoms with Crippen LogP contribution < -0.4 is 5.32 Å². The topological polar surface area (TPSA) is 49.3 Å². The number of aromatic carboxylic acids is 1. The van der Waals surface area contributed by atoms with Crippen molar-refractivity contribution < 1.29 is 23.1 Å². The Bertz CT molecular complexity index is 637. The summed E-state index contributed by atoms with van der Waals surface area (Å²) < 4.78 is 37.0. The number of nitrogens with one attached hydrogen (secondary N) is 1. The number of thiophene rings is 1. The predicted molar refractivity (Wildman–Crippen MR) is 75.8 cm³/mol. The smallest absolute Gasteiger partial charge is 0.389 e. The molecule has 3 nitrogen and oxygen atoms in total. The van der Waals surface area contributed by atoms with E-state index in [1.54, 1.807) is 0 Å². The number of halogens is 3. The molecule has 7 heteroatoms. The number of hydrogen-bond acceptors (Lipinski definition) is 3. The van der Waals surface area contributed by atoms with Crippen molar-refractivity contribution in [2.75, 3.05) is 6.54 Å². The molecule has 0 bridgehead atoms. The third-order valence-electron chi connectivity index (χ3n) is 3.01. The number of carboxylic acid groups (broad SMARTS) is 1. The highest BCUT2D eigenvalue weighted by molar-refractivity contribution is 7.21. The van der Waals surface area contributed by atoms with Gasteiger partial charge in [0.25, 0.3) is 0 Å². The van der Waals surface area contributed by atoms with Crippen LogP contribution in [0.3, 0.4) is 0 Å². The van der Waals surface area contributed by atoms with E-state index in [0.717, 1.165) is 10.1 Å². The zero-order valence-corrected chi connectivity index (χ0v) is 11.9. The summed E-state index contributed by atoms with van der Waals surface area (Å²) in [4.78, 5) is 11.5. The summed E-state index contributed by atoms with van der Waals surface area (Å²) in [5.74, 6) is -1.01. The minimum Gasteiger partial charge on any atom is -0.477 e. The zero-order chi connectivity index (χ0) is 15.5. The highest BCUT2D eigenvalue weighted by atomic mass is 32.1. The van der Waals surface area contributed by atoms with E-state index in [0.29, 0.717) is 5.56 Å². The molecule has 0 radical (unpaired) electrons. The van der Waals surface area contributed by atoms with E-state index in [2.05, 4.69) is 5.32 Å². The van der Waals surface area contributed by atoms with E-state index >= 15 is 0 Å². The van der Waals surface area contributed by atoms with Crippen molar-refractivity contribution in [2.24, 2.45) is 0 Å². The molecular formula is C14H14F3NO2S. The van der Waals surface area contributed by atoms with Crippen LogP contribution in [0.15, 0.2) is 24.3 Å². The maximum atomic E-state index is 12.0. The van der Waals surface area contributed by atoms with Crippen LogP contribution in [0.2, 0.25) is 0 Å². The minimum absolute atomic E-state index is 0.0199. The van der Waals surface area contributed by atoms with Gasteiger partial charge in [0.2, 0.25) is 0 Å². The Kier molecular flexibility index (Phi) is 4.84. The van der Waals surface area contributed by atoms with E-state index in [9.17, 15) is 23.1 Å². The Hall–Kier alpha value is -1.60. The summed E-state index contributed by atoms with van der Waals surface area (Å²) in [6.45, 7) is 0.451. The standard InChI is InChI=1S/C14H14F3NO2S/c15-14(16,17)6-3-7-18-8-10-9-4-1-2-5-11(9)21-12(10)13(19)20/h1-2,4-5,18H,3,6-8H2,(H,19,20). The van der Waals surface area contributed by atoms with E-state index < -0.39 is 18.6 Å². The molecule has 0 amide bonds. The van der Waals surface area contributed by atoms with Crippen LogP contribution >= 0.6 is 11.3 Å². The molecule has 0 aliphatic heterocycles. The van der Waals surface area contributed by atoms with Crippen molar-refractivity contribution in [3.8, 4) is 0 Å². The van der Waals surface area contributed by atoms with Gasteiger partial charge in [0.1, 0.15) is 4.88 Å². The molecule has 0 atom stereocenters. The average molecular weight is 317 g/mol. The van der Waals surface area contributed by atoms with Crippen LogP contribution in [0, 0.1) is 0 Å². The van der Waals surface area contributed by atoms with E-state index in [1.807, 2.05) is 24.3 Å². The Morgan fingerprint density at radius 3 is 2.67 bits per heavy atom. The molecule has 1 aromatic carbocycles. The largest absolute Gasteiger partial charge is 0.477 e. The maximum absolute atomic E-state index is 12.0. The minimum atomic E-state index is -4.15. The summed E-state index contributed by atoms with van der Waals surface area (Å²) in [5.41, 5.74) is 0.634. The van der Waals surface area contributed by atoms with Crippen LogP contribution in [0.4, 0.5) is 13.2 Å². The van der Waals surface area contributed by atoms with Gasteiger partial charge in [-0.1, -0.05) is 18.2 Å². The van der Waals surface area contributed by atoms with Gasteiger partial charge >= 0.3 is 12.1 Å². The lowest BCUT2D eigenvalue weighted by atomic mass is 10.1. The van der Waals surface area contributed by atoms with E-state index in [4.69, 9.17) is 0 Å². The van der Waals surface area contributed by atoms with Gasteiger partial charge in [0.15, 0.2) is 0 Å². The molecule has 2 rings (SSSR count). The average Bonchev–Trinajstić information content (AvgIpc) is 2.76. The Morgan fingerprint density at radius 1 is 1.29 bits per heavy atom. The zero-order valence-electron chi connectivity index (χ0n) is 11.0. The van der Waals surface area contributed by atoms with Gasteiger partial charge in [-0.2, -0.15) is 13.2 Å². The molecule has 0 fully saturated rings. The predicted octanol–water partition coefficient (Wildman–Crippen LogP) is 4.03. The molecule has 21 heavy (non-hydrogen) atoms. The number of alkyl halides is 3. The molecule has 0 unspecified atom stereocenters. The van der Waals surface area contributed by atoms with Crippen LogP contribution in [-0.2, 0) is 6.54 Å². The van der Waals surface area contributed by atoms with Gasteiger partial charge in [-0.15, -0.1) is 11.3 Å². The van der Waals surface area contributed by atoms with Crippen LogP contribution in [0.25, 0.3) is 10.1 Å². The van der Waals surface area contributed by atoms with Gasteiger partial charge in [0.05, 0.1) is 0 Å². The lowest BCUT2D eigenvalue weighted by Gasteiger charge is -2.07. The molecule has 0 aliphatic carbocycles. The molecule has 0 spiro atoms. The highest BCUT2D eigenvalue weighted by Crippen LogP contribution is 2.31. The normalized spacial score (nSPS) is 12.0. The third-order valence-corrected chi connectivity index (χ3v) is 4.21. The first-order chi connectivity index (χ1) is 9.88. The quantitative estimate of drug-likeness (QED) is 0.791. The fraction of sp³-hybridized carbons (Fsp3) is 0.357. The second-order valence-corrected chi connectivity index (χ2v) is 5.66. The number of fused-ring (bicyclic) bond motifs is 1. The van der Waals surface area contributed by atoms with Crippen molar-refractivity contribution >= 4 is 27.4 Å². The van der Waals surface area contributed by atoms with Gasteiger partial charge in [-0.25, -0.2) is 4.79 Å². The molecule has 2 aromatic rings. The number of benzene rings is 1. The molecule has 0 aliphatic rings. The first-order valence-electron chi connectivity index (χ1n) is 6.39. The molecule has 114 valence electrons. The summed E-state index contributed by atoms with van der Waals surface area (Å²) in [6.07, 6.45) is -5.01. The van der Waals surface area contributed by atoms with Crippen molar-refractivity contribution in [1.82, 2.24) is 5.32 Å². The summed E-state index contributed by atoms with van der Waals surface area (Å²) >= 11 is 1.18. The highest BCUT2D eigenvalue weighted by Gasteiger charge is 2.25. The molecule has 1 aromatic heterocycles. The first-order valence-corrected chi connectivity index (χ1v) is 7.21. The lowest BCUT2D eigenvalue weighted by Crippen LogP contribution is -2.18. The number of hydrogen-bond donors (Lipinski definition) is 2. The Labute approximate surface area is 123 Å². The van der Waals surface area contributed by atoms with E-state index in [-0.39, 0.29) is 24.4 Å². The molecule has 1 heterocycles. The molecule has 0 saturated carbocycles. The fourth-order valence-corrected chi connectivity index (χ4v) is 3.13. The Balaban J connectivity index is 2.04. The summed E-state index contributed by atoms with van der Waals surface area (Å²) in [7, 11) is 0. The van der Waals surface area contributed by atoms with Crippen molar-refractivity contribution in [3.05, 3.63) is 34.7 Å². The number of carbonyl (C=O) groups is 1. The monoisotopic (exact) mass is 317 g/mol. The number of rotatable bonds is 6. The molecular weight excluding hydrogens is 303 g/mol. The van der Waals surface area contributed by atoms with Crippen molar-refractivity contribution in [2.45, 2.75) is 25.6 Å². The maximum Gasteiger partial charge on any atom is 0.389 e. The number of carboxylic acids is 1. The first kappa shape index (κ1) is 15.8. The molecule has 2 N–H and O–H groups in total. The second-order valence-electron chi connectivity index (χ2n) is 4.61. The van der Waals surface area contributed by atoms with Gasteiger partial charge in [0, 0.05) is 17.7 Å². The van der Waals surface area contributed by atoms with Crippen molar-refractivity contribution in [3.63, 3.8) is 0 Å². The summed E-state index contributed by atoms with van der Waals surface area (Å²) in [5, 5.41) is 12.9. The van der Waals surface area contributed by atoms with E-state index in [1.165, 1.54) is 11.3 Å². The van der Waals surface area contributed by atoms with Crippen LogP contribution in [0.1, 0.15) is 28.1 Å². The van der Waals surface area contributed by atoms with Gasteiger partial charge in [-0.05, 0) is 30.0 Å². The molecule has 0 saturated heterocycles. The van der Waals surface area contributed by atoms with Crippen molar-refractivity contribution in [1.29, 1.82) is 0 Å².